The molecular formula is C20H16ClNO2. The first-order valence-electron chi connectivity index (χ1n) is 7.56. The highest BCUT2D eigenvalue weighted by Gasteiger charge is 2.07. The van der Waals surface area contributed by atoms with E-state index in [0.717, 1.165) is 16.7 Å². The minimum Gasteiger partial charge on any atom is -0.473 e. The third-order valence-corrected chi connectivity index (χ3v) is 3.82. The third-order valence-electron chi connectivity index (χ3n) is 3.60. The molecule has 24 heavy (non-hydrogen) atoms. The molecule has 0 bridgehead atoms. The van der Waals surface area contributed by atoms with Gasteiger partial charge in [-0.25, -0.2) is 4.98 Å². The molecule has 0 aliphatic carbocycles. The van der Waals surface area contributed by atoms with Gasteiger partial charge in [0.2, 0.25) is 5.88 Å². The largest absolute Gasteiger partial charge is 0.473 e. The average molecular weight is 338 g/mol. The molecule has 1 aromatic heterocycles. The predicted octanol–water partition coefficient (Wildman–Crippen LogP) is 5.18. The van der Waals surface area contributed by atoms with Gasteiger partial charge in [-0.3, -0.25) is 4.79 Å². The average Bonchev–Trinajstić information content (AvgIpc) is 2.61. The normalized spacial score (nSPS) is 10.4. The summed E-state index contributed by atoms with van der Waals surface area (Å²) in [6.45, 7) is 1.99. The molecule has 1 heterocycles. The van der Waals surface area contributed by atoms with Gasteiger partial charge in [-0.05, 0) is 42.3 Å². The van der Waals surface area contributed by atoms with Crippen molar-refractivity contribution in [2.45, 2.75) is 13.5 Å². The standard InChI is InChI=1S/C20H16ClNO2/c1-14(23)17-9-18(11-19(21)10-17)16-7-8-20(22-12-16)24-13-15-5-3-2-4-6-15/h2-12H,13H2,1H3. The summed E-state index contributed by atoms with van der Waals surface area (Å²) in [5.74, 6) is 0.533. The maximum atomic E-state index is 11.6. The summed E-state index contributed by atoms with van der Waals surface area (Å²) in [7, 11) is 0. The maximum absolute atomic E-state index is 11.6. The summed E-state index contributed by atoms with van der Waals surface area (Å²) in [5.41, 5.74) is 3.41. The van der Waals surface area contributed by atoms with Crippen molar-refractivity contribution in [1.82, 2.24) is 4.98 Å². The van der Waals surface area contributed by atoms with Crippen LogP contribution < -0.4 is 4.74 Å². The Hall–Kier alpha value is -2.65. The van der Waals surface area contributed by atoms with Gasteiger partial charge in [0, 0.05) is 28.4 Å². The number of ketones is 1. The zero-order valence-electron chi connectivity index (χ0n) is 13.2. The number of halogens is 1. The Morgan fingerprint density at radius 3 is 2.50 bits per heavy atom. The molecule has 3 rings (SSSR count). The van der Waals surface area contributed by atoms with Gasteiger partial charge in [0.05, 0.1) is 0 Å². The molecule has 0 unspecified atom stereocenters. The lowest BCUT2D eigenvalue weighted by Gasteiger charge is -2.08. The minimum atomic E-state index is -0.0190. The van der Waals surface area contributed by atoms with Crippen LogP contribution in [-0.2, 0) is 6.61 Å². The van der Waals surface area contributed by atoms with Gasteiger partial charge >= 0.3 is 0 Å². The number of hydrogen-bond acceptors (Lipinski definition) is 3. The lowest BCUT2D eigenvalue weighted by Crippen LogP contribution is -1.97. The molecule has 2 aromatic carbocycles. The molecule has 4 heteroatoms. The zero-order valence-corrected chi connectivity index (χ0v) is 14.0. The highest BCUT2D eigenvalue weighted by Crippen LogP contribution is 2.26. The molecule has 0 atom stereocenters. The Morgan fingerprint density at radius 2 is 1.83 bits per heavy atom. The summed E-state index contributed by atoms with van der Waals surface area (Å²) in [6.07, 6.45) is 1.72. The minimum absolute atomic E-state index is 0.0190. The molecule has 3 aromatic rings. The topological polar surface area (TPSA) is 39.2 Å². The molecule has 0 aliphatic heterocycles. The van der Waals surface area contributed by atoms with E-state index in [1.807, 2.05) is 54.6 Å². The van der Waals surface area contributed by atoms with Crippen molar-refractivity contribution in [2.75, 3.05) is 0 Å². The quantitative estimate of drug-likeness (QED) is 0.602. The Kier molecular flexibility index (Phi) is 4.92. The summed E-state index contributed by atoms with van der Waals surface area (Å²) in [6, 6.07) is 18.9. The molecule has 3 nitrogen and oxygen atoms in total. The zero-order chi connectivity index (χ0) is 16.9. The molecule has 0 N–H and O–H groups in total. The fourth-order valence-electron chi connectivity index (χ4n) is 2.33. The van der Waals surface area contributed by atoms with E-state index in [1.165, 1.54) is 6.92 Å². The molecule has 0 radical (unpaired) electrons. The highest BCUT2D eigenvalue weighted by molar-refractivity contribution is 6.31. The van der Waals surface area contributed by atoms with Crippen molar-refractivity contribution < 1.29 is 9.53 Å². The van der Waals surface area contributed by atoms with Gasteiger partial charge in [-0.15, -0.1) is 0 Å². The van der Waals surface area contributed by atoms with Crippen LogP contribution in [0.5, 0.6) is 5.88 Å². The number of pyridine rings is 1. The van der Waals surface area contributed by atoms with Crippen LogP contribution in [0.2, 0.25) is 5.02 Å². The van der Waals surface area contributed by atoms with Crippen molar-refractivity contribution in [3.8, 4) is 17.0 Å². The van der Waals surface area contributed by atoms with Gasteiger partial charge in [-0.1, -0.05) is 41.9 Å². The molecule has 120 valence electrons. The molecule has 0 fully saturated rings. The van der Waals surface area contributed by atoms with E-state index in [0.29, 0.717) is 23.1 Å². The number of aromatic nitrogens is 1. The Bertz CT molecular complexity index is 845. The van der Waals surface area contributed by atoms with E-state index in [-0.39, 0.29) is 5.78 Å². The van der Waals surface area contributed by atoms with Crippen LogP contribution in [0.25, 0.3) is 11.1 Å². The van der Waals surface area contributed by atoms with Crippen molar-refractivity contribution in [3.05, 3.63) is 83.0 Å². The van der Waals surface area contributed by atoms with Crippen LogP contribution in [0, 0.1) is 0 Å². The van der Waals surface area contributed by atoms with E-state index < -0.39 is 0 Å². The van der Waals surface area contributed by atoms with E-state index in [2.05, 4.69) is 4.98 Å². The van der Waals surface area contributed by atoms with Gasteiger partial charge in [-0.2, -0.15) is 0 Å². The van der Waals surface area contributed by atoms with Crippen LogP contribution in [0.1, 0.15) is 22.8 Å². The lowest BCUT2D eigenvalue weighted by atomic mass is 10.0. The van der Waals surface area contributed by atoms with Gasteiger partial charge < -0.3 is 4.74 Å². The second kappa shape index (κ2) is 7.28. The second-order valence-electron chi connectivity index (χ2n) is 5.44. The predicted molar refractivity (Wildman–Crippen MR) is 95.5 cm³/mol. The van der Waals surface area contributed by atoms with E-state index >= 15 is 0 Å². The van der Waals surface area contributed by atoms with Crippen LogP contribution >= 0.6 is 11.6 Å². The number of hydrogen-bond donors (Lipinski definition) is 0. The maximum Gasteiger partial charge on any atom is 0.213 e. The first-order valence-corrected chi connectivity index (χ1v) is 7.94. The van der Waals surface area contributed by atoms with Gasteiger partial charge in [0.1, 0.15) is 6.61 Å². The number of ether oxygens (including phenoxy) is 1. The summed E-state index contributed by atoms with van der Waals surface area (Å²) >= 11 is 6.10. The third kappa shape index (κ3) is 4.00. The molecule has 0 saturated heterocycles. The van der Waals surface area contributed by atoms with Crippen molar-refractivity contribution >= 4 is 17.4 Å². The Labute approximate surface area is 145 Å². The van der Waals surface area contributed by atoms with Gasteiger partial charge in [0.25, 0.3) is 0 Å². The summed E-state index contributed by atoms with van der Waals surface area (Å²) in [4.78, 5) is 15.9. The second-order valence-corrected chi connectivity index (χ2v) is 5.88. The monoisotopic (exact) mass is 337 g/mol. The Balaban J connectivity index is 1.76. The van der Waals surface area contributed by atoms with Crippen LogP contribution in [0.4, 0.5) is 0 Å². The first-order chi connectivity index (χ1) is 11.6. The fourth-order valence-corrected chi connectivity index (χ4v) is 2.56. The SMILES string of the molecule is CC(=O)c1cc(Cl)cc(-c2ccc(OCc3ccccc3)nc2)c1. The lowest BCUT2D eigenvalue weighted by molar-refractivity contribution is 0.101. The number of nitrogens with zero attached hydrogens (tertiary/aromatic N) is 1. The van der Waals surface area contributed by atoms with Crippen LogP contribution in [-0.4, -0.2) is 10.8 Å². The van der Waals surface area contributed by atoms with E-state index in [1.54, 1.807) is 12.3 Å². The Morgan fingerprint density at radius 1 is 1.04 bits per heavy atom. The number of carbonyl (C=O) groups is 1. The number of carbonyl (C=O) groups excluding carboxylic acids is 1. The number of rotatable bonds is 5. The molecule has 0 spiro atoms. The number of benzene rings is 2. The smallest absolute Gasteiger partial charge is 0.213 e. The highest BCUT2D eigenvalue weighted by atomic mass is 35.5. The van der Waals surface area contributed by atoms with Crippen molar-refractivity contribution in [3.63, 3.8) is 0 Å². The fraction of sp³-hybridized carbons (Fsp3) is 0.100. The van der Waals surface area contributed by atoms with E-state index in [9.17, 15) is 4.79 Å². The summed E-state index contributed by atoms with van der Waals surface area (Å²) in [5, 5.41) is 0.530. The van der Waals surface area contributed by atoms with E-state index in [4.69, 9.17) is 16.3 Å². The van der Waals surface area contributed by atoms with Gasteiger partial charge in [0.15, 0.2) is 5.78 Å². The van der Waals surface area contributed by atoms with Crippen LogP contribution in [0.3, 0.4) is 0 Å². The molecule has 0 saturated carbocycles. The molecular weight excluding hydrogens is 322 g/mol. The van der Waals surface area contributed by atoms with Crippen LogP contribution in [0.15, 0.2) is 66.9 Å². The summed E-state index contributed by atoms with van der Waals surface area (Å²) < 4.78 is 5.68. The molecule has 0 amide bonds. The van der Waals surface area contributed by atoms with Crippen molar-refractivity contribution in [2.24, 2.45) is 0 Å². The number of Topliss-reactive ketones (excluding diaryl/α,β-unsaturated/α-hetero) is 1. The first kappa shape index (κ1) is 16.2. The van der Waals surface area contributed by atoms with Crippen molar-refractivity contribution in [1.29, 1.82) is 0 Å². The molecule has 0 aliphatic rings.